The van der Waals surface area contributed by atoms with Gasteiger partial charge >= 0.3 is 0 Å². The van der Waals surface area contributed by atoms with Crippen LogP contribution >= 0.6 is 0 Å². The first-order valence-corrected chi connectivity index (χ1v) is 7.44. The molecule has 2 heterocycles. The zero-order chi connectivity index (χ0) is 15.5. The number of aromatic amines is 1. The predicted octanol–water partition coefficient (Wildman–Crippen LogP) is 1.52. The predicted molar refractivity (Wildman–Crippen MR) is 83.2 cm³/mol. The number of nitrogen functional groups attached to an aromatic ring is 1. The van der Waals surface area contributed by atoms with Gasteiger partial charge in [-0.25, -0.2) is 9.37 Å². The second-order valence-electron chi connectivity index (χ2n) is 5.68. The minimum Gasteiger partial charge on any atom is -0.369 e. The van der Waals surface area contributed by atoms with Crippen molar-refractivity contribution in [3.63, 3.8) is 0 Å². The molecule has 3 N–H and O–H groups in total. The van der Waals surface area contributed by atoms with Crippen molar-refractivity contribution in [2.75, 3.05) is 25.4 Å². The van der Waals surface area contributed by atoms with Crippen LogP contribution in [0.15, 0.2) is 35.1 Å². The van der Waals surface area contributed by atoms with Crippen molar-refractivity contribution < 1.29 is 4.39 Å². The smallest absolute Gasteiger partial charge is 0.252 e. The van der Waals surface area contributed by atoms with Crippen molar-refractivity contribution in [3.8, 4) is 0 Å². The van der Waals surface area contributed by atoms with Crippen LogP contribution in [0, 0.1) is 5.82 Å². The second kappa shape index (κ2) is 6.27. The van der Waals surface area contributed by atoms with Crippen LogP contribution in [0.1, 0.15) is 23.6 Å². The second-order valence-corrected chi connectivity index (χ2v) is 5.68. The van der Waals surface area contributed by atoms with Crippen LogP contribution in [0.3, 0.4) is 0 Å². The van der Waals surface area contributed by atoms with Crippen molar-refractivity contribution in [3.05, 3.63) is 57.8 Å². The molecule has 116 valence electrons. The molecular weight excluding hydrogens is 283 g/mol. The normalized spacial score (nSPS) is 18.7. The van der Waals surface area contributed by atoms with E-state index in [2.05, 4.69) is 14.9 Å². The van der Waals surface area contributed by atoms with Gasteiger partial charge in [-0.1, -0.05) is 18.2 Å². The molecule has 0 spiro atoms. The number of anilines is 1. The molecule has 22 heavy (non-hydrogen) atoms. The highest BCUT2D eigenvalue weighted by atomic mass is 19.1. The van der Waals surface area contributed by atoms with Gasteiger partial charge in [0.1, 0.15) is 5.82 Å². The largest absolute Gasteiger partial charge is 0.369 e. The summed E-state index contributed by atoms with van der Waals surface area (Å²) in [6.07, 6.45) is 1.62. The Hall–Kier alpha value is -2.21. The van der Waals surface area contributed by atoms with Crippen LogP contribution in [-0.2, 0) is 6.42 Å². The van der Waals surface area contributed by atoms with E-state index in [1.54, 1.807) is 6.07 Å². The van der Waals surface area contributed by atoms with E-state index in [-0.39, 0.29) is 23.2 Å². The first-order valence-electron chi connectivity index (χ1n) is 7.44. The zero-order valence-electron chi connectivity index (χ0n) is 12.3. The van der Waals surface area contributed by atoms with E-state index in [9.17, 15) is 9.18 Å². The Balaban J connectivity index is 1.60. The molecule has 3 rings (SSSR count). The van der Waals surface area contributed by atoms with E-state index >= 15 is 0 Å². The highest BCUT2D eigenvalue weighted by molar-refractivity contribution is 5.21. The maximum absolute atomic E-state index is 13.6. The van der Waals surface area contributed by atoms with Crippen LogP contribution < -0.4 is 11.3 Å². The minimum absolute atomic E-state index is 0.151. The fourth-order valence-electron chi connectivity index (χ4n) is 2.96. The van der Waals surface area contributed by atoms with E-state index in [4.69, 9.17) is 5.73 Å². The topological polar surface area (TPSA) is 75.0 Å². The van der Waals surface area contributed by atoms with E-state index < -0.39 is 0 Å². The third kappa shape index (κ3) is 3.33. The molecule has 0 radical (unpaired) electrons. The lowest BCUT2D eigenvalue weighted by Gasteiger charge is -2.16. The molecular formula is C16H19FN4O. The molecule has 1 fully saturated rings. The standard InChI is InChI=1S/C16H19FN4O/c17-13-4-2-1-3-11(13)5-7-21-8-6-12(10-21)14-9-15(22)20-16(18)19-14/h1-4,9,12H,5-8,10H2,(H3,18,19,20,22). The van der Waals surface area contributed by atoms with Crippen molar-refractivity contribution in [2.24, 2.45) is 0 Å². The van der Waals surface area contributed by atoms with Crippen LogP contribution in [0.5, 0.6) is 0 Å². The van der Waals surface area contributed by atoms with Gasteiger partial charge in [-0.05, 0) is 31.0 Å². The van der Waals surface area contributed by atoms with Crippen molar-refractivity contribution >= 4 is 5.95 Å². The van der Waals surface area contributed by atoms with Gasteiger partial charge in [0.25, 0.3) is 5.56 Å². The van der Waals surface area contributed by atoms with Crippen molar-refractivity contribution in [1.82, 2.24) is 14.9 Å². The third-order valence-corrected chi connectivity index (χ3v) is 4.13. The lowest BCUT2D eigenvalue weighted by Crippen LogP contribution is -2.24. The SMILES string of the molecule is Nc1nc(C2CCN(CCc3ccccc3F)C2)cc(=O)[nH]1. The number of hydrogen-bond donors (Lipinski definition) is 2. The molecule has 1 saturated heterocycles. The molecule has 1 aliphatic heterocycles. The number of rotatable bonds is 4. The summed E-state index contributed by atoms with van der Waals surface area (Å²) in [5.74, 6) is 0.222. The van der Waals surface area contributed by atoms with Gasteiger partial charge in [0.2, 0.25) is 5.95 Å². The Morgan fingerprint density at radius 1 is 1.41 bits per heavy atom. The Morgan fingerprint density at radius 2 is 2.23 bits per heavy atom. The van der Waals surface area contributed by atoms with Gasteiger partial charge in [-0.15, -0.1) is 0 Å². The molecule has 1 unspecified atom stereocenters. The number of nitrogens with one attached hydrogen (secondary N) is 1. The van der Waals surface area contributed by atoms with Gasteiger partial charge < -0.3 is 10.6 Å². The molecule has 1 aromatic carbocycles. The number of nitrogens with two attached hydrogens (primary N) is 1. The lowest BCUT2D eigenvalue weighted by molar-refractivity contribution is 0.336. The monoisotopic (exact) mass is 302 g/mol. The molecule has 6 heteroatoms. The maximum atomic E-state index is 13.6. The fourth-order valence-corrected chi connectivity index (χ4v) is 2.96. The highest BCUT2D eigenvalue weighted by Crippen LogP contribution is 2.25. The molecule has 2 aromatic rings. The molecule has 0 aliphatic carbocycles. The van der Waals surface area contributed by atoms with Crippen LogP contribution in [0.4, 0.5) is 10.3 Å². The molecule has 0 bridgehead atoms. The number of nitrogens with zero attached hydrogens (tertiary/aromatic N) is 2. The first-order chi connectivity index (χ1) is 10.6. The van der Waals surface area contributed by atoms with Crippen molar-refractivity contribution in [1.29, 1.82) is 0 Å². The van der Waals surface area contributed by atoms with Crippen molar-refractivity contribution in [2.45, 2.75) is 18.8 Å². The van der Waals surface area contributed by atoms with E-state index in [0.29, 0.717) is 6.42 Å². The average Bonchev–Trinajstić information content (AvgIpc) is 2.94. The number of H-pyrrole nitrogens is 1. The summed E-state index contributed by atoms with van der Waals surface area (Å²) in [5, 5.41) is 0. The average molecular weight is 302 g/mol. The summed E-state index contributed by atoms with van der Waals surface area (Å²) < 4.78 is 13.6. The summed E-state index contributed by atoms with van der Waals surface area (Å²) in [6, 6.07) is 8.39. The van der Waals surface area contributed by atoms with Gasteiger partial charge in [0.05, 0.1) is 5.69 Å². The van der Waals surface area contributed by atoms with Gasteiger partial charge in [0, 0.05) is 25.1 Å². The Morgan fingerprint density at radius 3 is 3.00 bits per heavy atom. The van der Waals surface area contributed by atoms with Gasteiger partial charge in [-0.2, -0.15) is 0 Å². The maximum Gasteiger partial charge on any atom is 0.252 e. The summed E-state index contributed by atoms with van der Waals surface area (Å²) in [4.78, 5) is 20.4. The summed E-state index contributed by atoms with van der Waals surface area (Å²) in [7, 11) is 0. The quantitative estimate of drug-likeness (QED) is 0.898. The zero-order valence-corrected chi connectivity index (χ0v) is 12.3. The van der Waals surface area contributed by atoms with Gasteiger partial charge in [-0.3, -0.25) is 9.78 Å². The number of benzene rings is 1. The molecule has 5 nitrogen and oxygen atoms in total. The molecule has 1 aliphatic rings. The van der Waals surface area contributed by atoms with Crippen LogP contribution in [0.2, 0.25) is 0 Å². The van der Waals surface area contributed by atoms with E-state index in [0.717, 1.165) is 37.3 Å². The van der Waals surface area contributed by atoms with E-state index in [1.165, 1.54) is 12.1 Å². The summed E-state index contributed by atoms with van der Waals surface area (Å²) in [5.41, 5.74) is 6.86. The number of likely N-dealkylation sites (tertiary alicyclic amines) is 1. The van der Waals surface area contributed by atoms with Gasteiger partial charge in [0.15, 0.2) is 0 Å². The van der Waals surface area contributed by atoms with Crippen LogP contribution in [-0.4, -0.2) is 34.5 Å². The first kappa shape index (κ1) is 14.7. The Kier molecular flexibility index (Phi) is 4.20. The lowest BCUT2D eigenvalue weighted by atomic mass is 10.1. The Bertz CT molecular complexity index is 715. The minimum atomic E-state index is -0.215. The molecule has 0 amide bonds. The molecule has 1 atom stereocenters. The summed E-state index contributed by atoms with van der Waals surface area (Å²) in [6.45, 7) is 2.55. The fraction of sp³-hybridized carbons (Fsp3) is 0.375. The third-order valence-electron chi connectivity index (χ3n) is 4.13. The molecule has 1 aromatic heterocycles. The number of halogens is 1. The molecule has 0 saturated carbocycles. The number of hydrogen-bond acceptors (Lipinski definition) is 4. The highest BCUT2D eigenvalue weighted by Gasteiger charge is 2.25. The Labute approximate surface area is 128 Å². The van der Waals surface area contributed by atoms with E-state index in [1.807, 2.05) is 12.1 Å². The van der Waals surface area contributed by atoms with Crippen LogP contribution in [0.25, 0.3) is 0 Å². The number of aromatic nitrogens is 2. The summed E-state index contributed by atoms with van der Waals surface area (Å²) >= 11 is 0.